The summed E-state index contributed by atoms with van der Waals surface area (Å²) in [5, 5.41) is 3.84. The van der Waals surface area contributed by atoms with Crippen molar-refractivity contribution in [3.8, 4) is 0 Å². The monoisotopic (exact) mass is 289 g/mol. The lowest BCUT2D eigenvalue weighted by molar-refractivity contribution is -0.137. The van der Waals surface area contributed by atoms with Gasteiger partial charge in [0.15, 0.2) is 0 Å². The molecule has 0 atom stereocenters. The number of nitrogens with zero attached hydrogens (tertiary/aromatic N) is 1. The summed E-state index contributed by atoms with van der Waals surface area (Å²) in [7, 11) is 1.52. The van der Waals surface area contributed by atoms with Crippen molar-refractivity contribution in [3.05, 3.63) is 29.8 Å². The van der Waals surface area contributed by atoms with E-state index in [9.17, 15) is 18.0 Å². The van der Waals surface area contributed by atoms with E-state index in [4.69, 9.17) is 0 Å². The molecule has 20 heavy (non-hydrogen) atoms. The third kappa shape index (κ3) is 4.41. The molecule has 0 aliphatic carbocycles. The zero-order valence-corrected chi connectivity index (χ0v) is 11.4. The number of hydrazine groups is 1. The molecular weight excluding hydrogens is 271 g/mol. The van der Waals surface area contributed by atoms with E-state index in [1.807, 2.05) is 6.92 Å². The summed E-state index contributed by atoms with van der Waals surface area (Å²) in [5.74, 6) is 0. The Bertz CT molecular complexity index is 431. The largest absolute Gasteiger partial charge is 0.416 e. The van der Waals surface area contributed by atoms with Crippen molar-refractivity contribution in [2.24, 2.45) is 0 Å². The average molecular weight is 289 g/mol. The molecule has 0 radical (unpaired) electrons. The molecule has 0 saturated heterocycles. The van der Waals surface area contributed by atoms with E-state index in [1.165, 1.54) is 19.2 Å². The second-order valence-corrected chi connectivity index (χ2v) is 4.19. The number of anilines is 1. The first-order valence-electron chi connectivity index (χ1n) is 6.32. The van der Waals surface area contributed by atoms with Gasteiger partial charge in [-0.1, -0.05) is 13.3 Å². The van der Waals surface area contributed by atoms with E-state index in [0.717, 1.165) is 30.0 Å². The molecule has 0 aliphatic heterocycles. The number of carbonyl (C=O) groups is 1. The van der Waals surface area contributed by atoms with Crippen LogP contribution in [0.2, 0.25) is 0 Å². The van der Waals surface area contributed by atoms with Crippen molar-refractivity contribution in [1.82, 2.24) is 10.7 Å². The summed E-state index contributed by atoms with van der Waals surface area (Å²) in [6, 6.07) is 3.98. The molecule has 0 saturated carbocycles. The van der Waals surface area contributed by atoms with Crippen LogP contribution in [0.25, 0.3) is 0 Å². The molecule has 0 aliphatic rings. The molecular formula is C13H18F3N3O. The normalized spacial score (nSPS) is 11.2. The van der Waals surface area contributed by atoms with Crippen molar-refractivity contribution in [3.63, 3.8) is 0 Å². The van der Waals surface area contributed by atoms with Gasteiger partial charge in [0.05, 0.1) is 11.3 Å². The molecule has 0 unspecified atom stereocenters. The van der Waals surface area contributed by atoms with E-state index >= 15 is 0 Å². The first-order chi connectivity index (χ1) is 9.40. The van der Waals surface area contributed by atoms with E-state index in [0.29, 0.717) is 12.2 Å². The van der Waals surface area contributed by atoms with Gasteiger partial charge in [0.2, 0.25) is 0 Å². The number of unbranched alkanes of at least 4 members (excludes halogenated alkanes) is 1. The lowest BCUT2D eigenvalue weighted by Gasteiger charge is -2.22. The zero-order chi connectivity index (χ0) is 15.2. The second kappa shape index (κ2) is 7.14. The summed E-state index contributed by atoms with van der Waals surface area (Å²) < 4.78 is 37.4. The molecule has 0 aromatic heterocycles. The van der Waals surface area contributed by atoms with Crippen LogP contribution in [-0.4, -0.2) is 19.6 Å². The molecule has 7 heteroatoms. The van der Waals surface area contributed by atoms with Crippen molar-refractivity contribution in [2.45, 2.75) is 25.9 Å². The summed E-state index contributed by atoms with van der Waals surface area (Å²) in [4.78, 5) is 11.9. The van der Waals surface area contributed by atoms with Crippen LogP contribution in [0, 0.1) is 0 Å². The summed E-state index contributed by atoms with van der Waals surface area (Å²) >= 11 is 0. The van der Waals surface area contributed by atoms with E-state index in [2.05, 4.69) is 10.7 Å². The number of benzene rings is 1. The Morgan fingerprint density at radius 2 is 1.85 bits per heavy atom. The molecule has 1 rings (SSSR count). The summed E-state index contributed by atoms with van der Waals surface area (Å²) in [6.45, 7) is 2.52. The standard InChI is InChI=1S/C13H18F3N3O/c1-3-4-9-18-12(20)19(17-2)11-7-5-10(6-8-11)13(14,15)16/h5-8,17H,3-4,9H2,1-2H3,(H,18,20). The van der Waals surface area contributed by atoms with Crippen LogP contribution in [0.5, 0.6) is 0 Å². The van der Waals surface area contributed by atoms with Crippen molar-refractivity contribution in [1.29, 1.82) is 0 Å². The summed E-state index contributed by atoms with van der Waals surface area (Å²) in [6.07, 6.45) is -2.59. The Hall–Kier alpha value is -1.76. The predicted molar refractivity (Wildman–Crippen MR) is 71.3 cm³/mol. The van der Waals surface area contributed by atoms with Crippen LogP contribution < -0.4 is 15.8 Å². The fourth-order valence-corrected chi connectivity index (χ4v) is 1.60. The molecule has 1 aromatic rings. The topological polar surface area (TPSA) is 44.4 Å². The minimum Gasteiger partial charge on any atom is -0.337 e. The molecule has 0 heterocycles. The maximum atomic E-state index is 12.5. The van der Waals surface area contributed by atoms with Gasteiger partial charge in [-0.15, -0.1) is 0 Å². The van der Waals surface area contributed by atoms with E-state index in [-0.39, 0.29) is 0 Å². The van der Waals surface area contributed by atoms with Gasteiger partial charge in [0.1, 0.15) is 0 Å². The molecule has 0 fully saturated rings. The smallest absolute Gasteiger partial charge is 0.337 e. The number of halogens is 3. The van der Waals surface area contributed by atoms with E-state index < -0.39 is 17.8 Å². The Balaban J connectivity index is 2.77. The van der Waals surface area contributed by atoms with Gasteiger partial charge in [0, 0.05) is 13.6 Å². The second-order valence-electron chi connectivity index (χ2n) is 4.19. The minimum atomic E-state index is -4.38. The number of nitrogens with one attached hydrogen (secondary N) is 2. The van der Waals surface area contributed by atoms with Crippen molar-refractivity contribution in [2.75, 3.05) is 18.6 Å². The molecule has 1 aromatic carbocycles. The van der Waals surface area contributed by atoms with Gasteiger partial charge in [-0.3, -0.25) is 0 Å². The first kappa shape index (κ1) is 16.3. The highest BCUT2D eigenvalue weighted by atomic mass is 19.4. The van der Waals surface area contributed by atoms with Gasteiger partial charge < -0.3 is 5.32 Å². The van der Waals surface area contributed by atoms with Crippen LogP contribution in [0.4, 0.5) is 23.7 Å². The predicted octanol–water partition coefficient (Wildman–Crippen LogP) is 3.16. The van der Waals surface area contributed by atoms with Gasteiger partial charge in [-0.05, 0) is 30.7 Å². The Labute approximate surface area is 115 Å². The highest BCUT2D eigenvalue weighted by molar-refractivity contribution is 5.90. The molecule has 0 bridgehead atoms. The molecule has 0 spiro atoms. The van der Waals surface area contributed by atoms with Gasteiger partial charge in [-0.2, -0.15) is 13.2 Å². The first-order valence-corrected chi connectivity index (χ1v) is 6.32. The van der Waals surface area contributed by atoms with Gasteiger partial charge in [0.25, 0.3) is 0 Å². The maximum Gasteiger partial charge on any atom is 0.416 e. The molecule has 2 N–H and O–H groups in total. The SMILES string of the molecule is CCCCNC(=O)N(NC)c1ccc(C(F)(F)F)cc1. The Morgan fingerprint density at radius 1 is 1.25 bits per heavy atom. The molecule has 2 amide bonds. The summed E-state index contributed by atoms with van der Waals surface area (Å²) in [5.41, 5.74) is 2.24. The number of rotatable bonds is 5. The third-order valence-electron chi connectivity index (χ3n) is 2.69. The van der Waals surface area contributed by atoms with E-state index in [1.54, 1.807) is 0 Å². The van der Waals surface area contributed by atoms with Crippen LogP contribution in [0.15, 0.2) is 24.3 Å². The average Bonchev–Trinajstić information content (AvgIpc) is 2.39. The van der Waals surface area contributed by atoms with Crippen LogP contribution in [0.3, 0.4) is 0 Å². The third-order valence-corrected chi connectivity index (χ3v) is 2.69. The molecule has 4 nitrogen and oxygen atoms in total. The fraction of sp³-hybridized carbons (Fsp3) is 0.462. The fourth-order valence-electron chi connectivity index (χ4n) is 1.60. The molecule has 112 valence electrons. The lowest BCUT2D eigenvalue weighted by atomic mass is 10.2. The van der Waals surface area contributed by atoms with Crippen LogP contribution >= 0.6 is 0 Å². The highest BCUT2D eigenvalue weighted by Crippen LogP contribution is 2.30. The lowest BCUT2D eigenvalue weighted by Crippen LogP contribution is -2.47. The Kier molecular flexibility index (Phi) is 5.82. The zero-order valence-electron chi connectivity index (χ0n) is 11.4. The Morgan fingerprint density at radius 3 is 2.30 bits per heavy atom. The highest BCUT2D eigenvalue weighted by Gasteiger charge is 2.30. The number of alkyl halides is 3. The van der Waals surface area contributed by atoms with Crippen molar-refractivity contribution < 1.29 is 18.0 Å². The maximum absolute atomic E-state index is 12.5. The quantitative estimate of drug-likeness (QED) is 0.646. The number of urea groups is 1. The van der Waals surface area contributed by atoms with Gasteiger partial charge >= 0.3 is 12.2 Å². The van der Waals surface area contributed by atoms with Crippen LogP contribution in [0.1, 0.15) is 25.3 Å². The minimum absolute atomic E-state index is 0.342. The number of amides is 2. The number of hydrogen-bond donors (Lipinski definition) is 2. The van der Waals surface area contributed by atoms with Gasteiger partial charge in [-0.25, -0.2) is 15.2 Å². The van der Waals surface area contributed by atoms with Crippen molar-refractivity contribution >= 4 is 11.7 Å². The number of carbonyl (C=O) groups excluding carboxylic acids is 1. The van der Waals surface area contributed by atoms with Crippen LogP contribution in [-0.2, 0) is 6.18 Å². The number of hydrogen-bond acceptors (Lipinski definition) is 2.